The highest BCUT2D eigenvalue weighted by Gasteiger charge is 2.09. The van der Waals surface area contributed by atoms with Crippen LogP contribution in [0.2, 0.25) is 0 Å². The minimum atomic E-state index is 0. The standard InChI is InChI=1S/C22H25N7O.HI/c1-2-23-22(25-13-10-16-15-27-18-8-4-3-7-17(16)18)26-14-11-20-28-21(30-29-20)19-9-5-6-12-24-19;/h3-9,12,15,27H,2,10-11,13-14H2,1H3,(H2,23,25,26);1H. The van der Waals surface area contributed by atoms with Crippen LogP contribution in [0.25, 0.3) is 22.5 Å². The van der Waals surface area contributed by atoms with Crippen LogP contribution in [0, 0.1) is 0 Å². The molecule has 0 aliphatic rings. The number of para-hydroxylation sites is 1. The molecule has 0 unspecified atom stereocenters. The number of fused-ring (bicyclic) bond motifs is 1. The van der Waals surface area contributed by atoms with Gasteiger partial charge < -0.3 is 20.1 Å². The fourth-order valence-corrected chi connectivity index (χ4v) is 3.21. The fourth-order valence-electron chi connectivity index (χ4n) is 3.21. The van der Waals surface area contributed by atoms with Gasteiger partial charge in [-0.1, -0.05) is 29.4 Å². The maximum absolute atomic E-state index is 5.29. The number of aromatic amines is 1. The predicted octanol–water partition coefficient (Wildman–Crippen LogP) is 3.57. The highest BCUT2D eigenvalue weighted by Crippen LogP contribution is 2.17. The summed E-state index contributed by atoms with van der Waals surface area (Å²) in [7, 11) is 0. The van der Waals surface area contributed by atoms with E-state index in [1.165, 1.54) is 16.5 Å². The largest absolute Gasteiger partial charge is 0.361 e. The van der Waals surface area contributed by atoms with Crippen molar-refractivity contribution in [3.05, 3.63) is 66.2 Å². The SMILES string of the molecule is CCNC(=NCCc1noc(-c2ccccn2)n1)NCCc1c[nH]c2ccccc12.I. The molecule has 31 heavy (non-hydrogen) atoms. The highest BCUT2D eigenvalue weighted by molar-refractivity contribution is 14.0. The number of pyridine rings is 1. The van der Waals surface area contributed by atoms with Crippen molar-refractivity contribution in [2.75, 3.05) is 19.6 Å². The Morgan fingerprint density at radius 2 is 1.97 bits per heavy atom. The lowest BCUT2D eigenvalue weighted by molar-refractivity contribution is 0.421. The molecule has 162 valence electrons. The first-order valence-electron chi connectivity index (χ1n) is 10.1. The van der Waals surface area contributed by atoms with Crippen molar-refractivity contribution in [1.82, 2.24) is 30.7 Å². The van der Waals surface area contributed by atoms with Gasteiger partial charge in [-0.15, -0.1) is 24.0 Å². The first-order valence-corrected chi connectivity index (χ1v) is 10.1. The average molecular weight is 531 g/mol. The van der Waals surface area contributed by atoms with Crippen LogP contribution < -0.4 is 10.6 Å². The topological polar surface area (TPSA) is 104 Å². The zero-order valence-corrected chi connectivity index (χ0v) is 19.7. The number of guanidine groups is 1. The summed E-state index contributed by atoms with van der Waals surface area (Å²) >= 11 is 0. The number of halogens is 1. The van der Waals surface area contributed by atoms with Crippen molar-refractivity contribution in [2.24, 2.45) is 4.99 Å². The summed E-state index contributed by atoms with van der Waals surface area (Å²) in [5.41, 5.74) is 3.13. The summed E-state index contributed by atoms with van der Waals surface area (Å²) in [6.07, 6.45) is 5.28. The molecule has 0 atom stereocenters. The van der Waals surface area contributed by atoms with Gasteiger partial charge in [0.25, 0.3) is 5.89 Å². The van der Waals surface area contributed by atoms with E-state index in [0.717, 1.165) is 25.5 Å². The first kappa shape index (κ1) is 22.7. The van der Waals surface area contributed by atoms with Gasteiger partial charge in [-0.3, -0.25) is 9.98 Å². The Labute approximate surface area is 198 Å². The lowest BCUT2D eigenvalue weighted by atomic mass is 10.1. The summed E-state index contributed by atoms with van der Waals surface area (Å²) in [6.45, 7) is 4.20. The quantitative estimate of drug-likeness (QED) is 0.183. The van der Waals surface area contributed by atoms with E-state index in [0.29, 0.717) is 30.4 Å². The number of rotatable bonds is 8. The van der Waals surface area contributed by atoms with Gasteiger partial charge >= 0.3 is 0 Å². The number of nitrogens with one attached hydrogen (secondary N) is 3. The molecule has 3 aromatic heterocycles. The van der Waals surface area contributed by atoms with E-state index in [-0.39, 0.29) is 24.0 Å². The molecule has 9 heteroatoms. The van der Waals surface area contributed by atoms with Gasteiger partial charge in [0.1, 0.15) is 5.69 Å². The smallest absolute Gasteiger partial charge is 0.276 e. The number of aliphatic imine (C=N–C) groups is 1. The average Bonchev–Trinajstić information content (AvgIpc) is 3.42. The molecule has 0 amide bonds. The van der Waals surface area contributed by atoms with E-state index in [4.69, 9.17) is 4.52 Å². The zero-order chi connectivity index (χ0) is 20.6. The number of hydrogen-bond acceptors (Lipinski definition) is 5. The monoisotopic (exact) mass is 531 g/mol. The van der Waals surface area contributed by atoms with Crippen LogP contribution in [0.1, 0.15) is 18.3 Å². The molecule has 0 fully saturated rings. The van der Waals surface area contributed by atoms with Gasteiger partial charge in [0.05, 0.1) is 0 Å². The van der Waals surface area contributed by atoms with E-state index >= 15 is 0 Å². The Morgan fingerprint density at radius 3 is 2.81 bits per heavy atom. The number of hydrogen-bond donors (Lipinski definition) is 3. The van der Waals surface area contributed by atoms with E-state index in [2.05, 4.69) is 67.1 Å². The molecule has 4 rings (SSSR count). The number of benzene rings is 1. The molecule has 0 radical (unpaired) electrons. The van der Waals surface area contributed by atoms with Gasteiger partial charge in [-0.05, 0) is 37.1 Å². The molecule has 0 saturated carbocycles. The van der Waals surface area contributed by atoms with Crippen molar-refractivity contribution in [3.8, 4) is 11.6 Å². The lowest BCUT2D eigenvalue weighted by Gasteiger charge is -2.10. The third kappa shape index (κ3) is 6.03. The maximum Gasteiger partial charge on any atom is 0.276 e. The molecule has 0 aliphatic heterocycles. The van der Waals surface area contributed by atoms with Crippen LogP contribution in [0.15, 0.2) is 64.4 Å². The minimum Gasteiger partial charge on any atom is -0.361 e. The Bertz CT molecular complexity index is 1110. The zero-order valence-electron chi connectivity index (χ0n) is 17.3. The van der Waals surface area contributed by atoms with Crippen LogP contribution in [-0.4, -0.2) is 45.7 Å². The Morgan fingerprint density at radius 1 is 1.10 bits per heavy atom. The second-order valence-electron chi connectivity index (χ2n) is 6.78. The molecule has 0 saturated heterocycles. The van der Waals surface area contributed by atoms with Gasteiger partial charge in [0.2, 0.25) is 0 Å². The third-order valence-corrected chi connectivity index (χ3v) is 4.66. The van der Waals surface area contributed by atoms with E-state index in [1.807, 2.05) is 24.3 Å². The van der Waals surface area contributed by atoms with Crippen LogP contribution >= 0.6 is 24.0 Å². The van der Waals surface area contributed by atoms with E-state index in [9.17, 15) is 0 Å². The molecule has 0 aliphatic carbocycles. The van der Waals surface area contributed by atoms with Gasteiger partial charge in [0, 0.05) is 49.4 Å². The number of aromatic nitrogens is 4. The highest BCUT2D eigenvalue weighted by atomic mass is 127. The second-order valence-corrected chi connectivity index (χ2v) is 6.78. The van der Waals surface area contributed by atoms with Crippen LogP contribution in [0.3, 0.4) is 0 Å². The van der Waals surface area contributed by atoms with Crippen molar-refractivity contribution in [3.63, 3.8) is 0 Å². The van der Waals surface area contributed by atoms with Crippen molar-refractivity contribution < 1.29 is 4.52 Å². The fraction of sp³-hybridized carbons (Fsp3) is 0.273. The molecule has 1 aromatic carbocycles. The summed E-state index contributed by atoms with van der Waals surface area (Å²) in [6, 6.07) is 13.9. The molecule has 8 nitrogen and oxygen atoms in total. The predicted molar refractivity (Wildman–Crippen MR) is 133 cm³/mol. The molecule has 0 bridgehead atoms. The summed E-state index contributed by atoms with van der Waals surface area (Å²) < 4.78 is 5.29. The summed E-state index contributed by atoms with van der Waals surface area (Å²) in [5, 5.41) is 12.0. The maximum atomic E-state index is 5.29. The van der Waals surface area contributed by atoms with E-state index < -0.39 is 0 Å². The van der Waals surface area contributed by atoms with Gasteiger partial charge in [0.15, 0.2) is 11.8 Å². The normalized spacial score (nSPS) is 11.3. The summed E-state index contributed by atoms with van der Waals surface area (Å²) in [4.78, 5) is 16.6. The molecule has 3 N–H and O–H groups in total. The molecule has 3 heterocycles. The van der Waals surface area contributed by atoms with Crippen LogP contribution in [-0.2, 0) is 12.8 Å². The number of H-pyrrole nitrogens is 1. The van der Waals surface area contributed by atoms with Crippen molar-refractivity contribution in [1.29, 1.82) is 0 Å². The molecular formula is C22H26IN7O. The second kappa shape index (κ2) is 11.4. The minimum absolute atomic E-state index is 0. The Hall–Kier alpha value is -2.95. The summed E-state index contributed by atoms with van der Waals surface area (Å²) in [5.74, 6) is 1.83. The molecule has 0 spiro atoms. The van der Waals surface area contributed by atoms with Gasteiger partial charge in [-0.25, -0.2) is 0 Å². The Balaban J connectivity index is 0.00000272. The molecular weight excluding hydrogens is 505 g/mol. The van der Waals surface area contributed by atoms with Crippen molar-refractivity contribution in [2.45, 2.75) is 19.8 Å². The lowest BCUT2D eigenvalue weighted by Crippen LogP contribution is -2.38. The molecule has 4 aromatic rings. The van der Waals surface area contributed by atoms with Crippen LogP contribution in [0.5, 0.6) is 0 Å². The number of nitrogens with zero attached hydrogens (tertiary/aromatic N) is 4. The third-order valence-electron chi connectivity index (χ3n) is 4.66. The van der Waals surface area contributed by atoms with Gasteiger partial charge in [-0.2, -0.15) is 4.98 Å². The van der Waals surface area contributed by atoms with Crippen LogP contribution in [0.4, 0.5) is 0 Å². The Kier molecular flexibility index (Phi) is 8.39. The first-order chi connectivity index (χ1) is 14.8. The van der Waals surface area contributed by atoms with E-state index in [1.54, 1.807) is 6.20 Å². The van der Waals surface area contributed by atoms with Crippen molar-refractivity contribution >= 4 is 40.8 Å².